The molecule has 1 fully saturated rings. The van der Waals surface area contributed by atoms with Gasteiger partial charge in [0.1, 0.15) is 11.6 Å². The molecule has 35 heavy (non-hydrogen) atoms. The summed E-state index contributed by atoms with van der Waals surface area (Å²) in [5, 5.41) is 9.79. The quantitative estimate of drug-likeness (QED) is 0.560. The van der Waals surface area contributed by atoms with Crippen molar-refractivity contribution in [3.8, 4) is 16.9 Å². The lowest BCUT2D eigenvalue weighted by atomic mass is 9.97. The van der Waals surface area contributed by atoms with Crippen LogP contribution in [0.5, 0.6) is 5.75 Å². The van der Waals surface area contributed by atoms with Crippen LogP contribution in [0, 0.1) is 5.92 Å². The van der Waals surface area contributed by atoms with Crippen LogP contribution in [0.1, 0.15) is 74.6 Å². The molecule has 0 bridgehead atoms. The lowest BCUT2D eigenvalue weighted by Crippen LogP contribution is -2.29. The van der Waals surface area contributed by atoms with Crippen LogP contribution in [0.4, 0.5) is 5.82 Å². The summed E-state index contributed by atoms with van der Waals surface area (Å²) in [7, 11) is 0. The Morgan fingerprint density at radius 1 is 1.06 bits per heavy atom. The molecule has 3 aromatic rings. The van der Waals surface area contributed by atoms with Crippen molar-refractivity contribution in [2.24, 2.45) is 5.92 Å². The summed E-state index contributed by atoms with van der Waals surface area (Å²) in [5.74, 6) is 1.45. The van der Waals surface area contributed by atoms with Crippen LogP contribution in [-0.4, -0.2) is 33.5 Å². The molecule has 3 heterocycles. The summed E-state index contributed by atoms with van der Waals surface area (Å²) in [5.41, 5.74) is 2.42. The molecule has 1 atom stereocenters. The van der Waals surface area contributed by atoms with Crippen molar-refractivity contribution >= 4 is 17.6 Å². The van der Waals surface area contributed by atoms with Gasteiger partial charge in [0, 0.05) is 23.1 Å². The SMILES string of the molecule is CC(C)(C)c1nc(C(=O)N[C@H]2CCCOc3cc(-c4ccnc(NC(=O)C5CC5)c4)ccc32)no1. The zero-order valence-corrected chi connectivity index (χ0v) is 20.1. The van der Waals surface area contributed by atoms with Crippen molar-refractivity contribution in [2.45, 2.75) is 57.9 Å². The van der Waals surface area contributed by atoms with Crippen LogP contribution in [0.2, 0.25) is 0 Å². The molecule has 1 aliphatic carbocycles. The van der Waals surface area contributed by atoms with Gasteiger partial charge in [0.25, 0.3) is 11.7 Å². The molecule has 2 N–H and O–H groups in total. The molecule has 2 amide bonds. The minimum Gasteiger partial charge on any atom is -0.493 e. The molecule has 1 aromatic carbocycles. The fourth-order valence-corrected chi connectivity index (χ4v) is 4.00. The van der Waals surface area contributed by atoms with Crippen LogP contribution in [0.15, 0.2) is 41.1 Å². The van der Waals surface area contributed by atoms with E-state index < -0.39 is 0 Å². The second kappa shape index (κ2) is 9.13. The van der Waals surface area contributed by atoms with Gasteiger partial charge in [0.05, 0.1) is 12.6 Å². The summed E-state index contributed by atoms with van der Waals surface area (Å²) in [6.45, 7) is 6.40. The van der Waals surface area contributed by atoms with Gasteiger partial charge in [0.15, 0.2) is 0 Å². The molecule has 0 unspecified atom stereocenters. The number of carbonyl (C=O) groups excluding carboxylic acids is 2. The number of nitrogens with one attached hydrogen (secondary N) is 2. The molecule has 182 valence electrons. The molecule has 0 spiro atoms. The normalized spacial score (nSPS) is 17.6. The maximum atomic E-state index is 12.9. The first-order valence-corrected chi connectivity index (χ1v) is 12.0. The molecule has 9 heteroatoms. The molecule has 1 saturated carbocycles. The second-order valence-electron chi connectivity index (χ2n) is 10.1. The third-order valence-corrected chi connectivity index (χ3v) is 6.15. The Kier molecular flexibility index (Phi) is 6.00. The second-order valence-corrected chi connectivity index (χ2v) is 10.1. The number of rotatable bonds is 5. The monoisotopic (exact) mass is 475 g/mol. The van der Waals surface area contributed by atoms with Gasteiger partial charge >= 0.3 is 0 Å². The maximum absolute atomic E-state index is 12.9. The van der Waals surface area contributed by atoms with E-state index in [1.807, 2.05) is 51.1 Å². The predicted molar refractivity (Wildman–Crippen MR) is 129 cm³/mol. The highest BCUT2D eigenvalue weighted by molar-refractivity contribution is 5.93. The van der Waals surface area contributed by atoms with E-state index in [0.717, 1.165) is 42.4 Å². The van der Waals surface area contributed by atoms with Gasteiger partial charge in [-0.05, 0) is 55.0 Å². The largest absolute Gasteiger partial charge is 0.493 e. The van der Waals surface area contributed by atoms with Gasteiger partial charge in [-0.1, -0.05) is 38.1 Å². The van der Waals surface area contributed by atoms with Crippen molar-refractivity contribution in [3.63, 3.8) is 0 Å². The van der Waals surface area contributed by atoms with E-state index in [0.29, 0.717) is 24.1 Å². The summed E-state index contributed by atoms with van der Waals surface area (Å²) >= 11 is 0. The van der Waals surface area contributed by atoms with Crippen molar-refractivity contribution < 1.29 is 18.8 Å². The Labute approximate surface area is 203 Å². The van der Waals surface area contributed by atoms with Crippen LogP contribution < -0.4 is 15.4 Å². The molecule has 2 aliphatic rings. The van der Waals surface area contributed by atoms with Gasteiger partial charge in [-0.2, -0.15) is 4.98 Å². The number of carbonyl (C=O) groups is 2. The molecule has 2 aromatic heterocycles. The van der Waals surface area contributed by atoms with Crippen LogP contribution in [0.3, 0.4) is 0 Å². The van der Waals surface area contributed by atoms with E-state index in [-0.39, 0.29) is 35.0 Å². The van der Waals surface area contributed by atoms with E-state index in [4.69, 9.17) is 9.26 Å². The van der Waals surface area contributed by atoms with E-state index in [2.05, 4.69) is 25.8 Å². The Hall–Kier alpha value is -3.75. The Morgan fingerprint density at radius 3 is 2.60 bits per heavy atom. The Bertz CT molecular complexity index is 1260. The maximum Gasteiger partial charge on any atom is 0.293 e. The topological polar surface area (TPSA) is 119 Å². The number of hydrogen-bond acceptors (Lipinski definition) is 7. The van der Waals surface area contributed by atoms with E-state index in [9.17, 15) is 9.59 Å². The highest BCUT2D eigenvalue weighted by atomic mass is 16.5. The first-order chi connectivity index (χ1) is 16.8. The average Bonchev–Trinajstić information content (AvgIpc) is 3.59. The van der Waals surface area contributed by atoms with E-state index in [1.54, 1.807) is 6.20 Å². The van der Waals surface area contributed by atoms with Gasteiger partial charge in [-0.3, -0.25) is 9.59 Å². The fraction of sp³-hybridized carbons (Fsp3) is 0.423. The number of amides is 2. The third-order valence-electron chi connectivity index (χ3n) is 6.15. The van der Waals surface area contributed by atoms with Crippen LogP contribution in [0.25, 0.3) is 11.1 Å². The zero-order valence-electron chi connectivity index (χ0n) is 20.1. The number of anilines is 1. The summed E-state index contributed by atoms with van der Waals surface area (Å²) in [6.07, 6.45) is 5.09. The Balaban J connectivity index is 1.35. The molecule has 1 aliphatic heterocycles. The van der Waals surface area contributed by atoms with E-state index in [1.165, 1.54) is 0 Å². The van der Waals surface area contributed by atoms with Crippen LogP contribution in [-0.2, 0) is 10.2 Å². The number of nitrogens with zero attached hydrogens (tertiary/aromatic N) is 3. The van der Waals surface area contributed by atoms with Gasteiger partial charge in [-0.25, -0.2) is 4.98 Å². The number of benzene rings is 1. The number of aromatic nitrogens is 3. The minimum atomic E-state index is -0.378. The molecule has 0 radical (unpaired) electrons. The lowest BCUT2D eigenvalue weighted by Gasteiger charge is -2.18. The minimum absolute atomic E-state index is 0.0229. The smallest absolute Gasteiger partial charge is 0.293 e. The molecule has 0 saturated heterocycles. The van der Waals surface area contributed by atoms with Crippen molar-refractivity contribution in [1.82, 2.24) is 20.4 Å². The summed E-state index contributed by atoms with van der Waals surface area (Å²) in [6, 6.07) is 9.44. The lowest BCUT2D eigenvalue weighted by molar-refractivity contribution is -0.117. The van der Waals surface area contributed by atoms with Crippen molar-refractivity contribution in [1.29, 1.82) is 0 Å². The highest BCUT2D eigenvalue weighted by Crippen LogP contribution is 2.36. The third kappa shape index (κ3) is 5.18. The number of ether oxygens (including phenoxy) is 1. The first-order valence-electron chi connectivity index (χ1n) is 12.0. The Morgan fingerprint density at radius 2 is 1.86 bits per heavy atom. The van der Waals surface area contributed by atoms with Gasteiger partial charge in [-0.15, -0.1) is 0 Å². The summed E-state index contributed by atoms with van der Waals surface area (Å²) < 4.78 is 11.3. The predicted octanol–water partition coefficient (Wildman–Crippen LogP) is 4.42. The number of hydrogen-bond donors (Lipinski definition) is 2. The van der Waals surface area contributed by atoms with Crippen LogP contribution >= 0.6 is 0 Å². The van der Waals surface area contributed by atoms with Crippen molar-refractivity contribution in [3.05, 3.63) is 53.8 Å². The molecular formula is C26H29N5O4. The number of fused-ring (bicyclic) bond motifs is 1. The molecular weight excluding hydrogens is 446 g/mol. The first kappa shape index (κ1) is 23.0. The van der Waals surface area contributed by atoms with Gasteiger partial charge < -0.3 is 19.9 Å². The van der Waals surface area contributed by atoms with Crippen molar-refractivity contribution in [2.75, 3.05) is 11.9 Å². The standard InChI is InChI=1S/C26H29N5O4/c1-26(2,3)25-30-22(31-35-25)24(33)28-19-5-4-12-34-20-13-16(8-9-18(19)20)17-10-11-27-21(14-17)29-23(32)15-6-7-15/h8-11,13-15,19H,4-7,12H2,1-3H3,(H,28,33)(H,27,29,32)/t19-/m0/s1. The highest BCUT2D eigenvalue weighted by Gasteiger charge is 2.30. The van der Waals surface area contributed by atoms with E-state index >= 15 is 0 Å². The zero-order chi connectivity index (χ0) is 24.6. The molecule has 5 rings (SSSR count). The number of pyridine rings is 1. The average molecular weight is 476 g/mol. The summed E-state index contributed by atoms with van der Waals surface area (Å²) in [4.78, 5) is 33.5. The molecule has 9 nitrogen and oxygen atoms in total. The fourth-order valence-electron chi connectivity index (χ4n) is 4.00. The van der Waals surface area contributed by atoms with Gasteiger partial charge in [0.2, 0.25) is 11.8 Å².